The zero-order chi connectivity index (χ0) is 19.9. The van der Waals surface area contributed by atoms with Crippen molar-refractivity contribution in [1.29, 1.82) is 0 Å². The summed E-state index contributed by atoms with van der Waals surface area (Å²) in [6.07, 6.45) is -0.557. The van der Waals surface area contributed by atoms with Crippen LogP contribution >= 0.6 is 0 Å². The third-order valence-electron chi connectivity index (χ3n) is 9.18. The molecule has 9 atom stereocenters. The molecule has 4 aliphatic carbocycles. The molecule has 3 unspecified atom stereocenters. The molecule has 2 amide bonds. The number of aliphatic imine (C=N–C) groups is 2. The lowest BCUT2D eigenvalue weighted by Gasteiger charge is -2.75. The van der Waals surface area contributed by atoms with E-state index in [4.69, 9.17) is 4.74 Å². The minimum Gasteiger partial charge on any atom is -0.392 e. The fraction of sp³-hybridized carbons (Fsp3) is 0.850. The number of amides is 2. The topological polar surface area (TPSA) is 132 Å². The molecule has 4 saturated carbocycles. The van der Waals surface area contributed by atoms with E-state index in [1.807, 2.05) is 0 Å². The van der Waals surface area contributed by atoms with Gasteiger partial charge in [-0.1, -0.05) is 13.8 Å². The highest BCUT2D eigenvalue weighted by Crippen LogP contribution is 2.76. The second kappa shape index (κ2) is 4.75. The summed E-state index contributed by atoms with van der Waals surface area (Å²) in [6.45, 7) is 4.24. The summed E-state index contributed by atoms with van der Waals surface area (Å²) in [5, 5.41) is 46.0. The van der Waals surface area contributed by atoms with Gasteiger partial charge in [0.1, 0.15) is 11.5 Å². The van der Waals surface area contributed by atoms with E-state index in [2.05, 4.69) is 23.8 Å². The van der Waals surface area contributed by atoms with Crippen LogP contribution in [-0.4, -0.2) is 68.6 Å². The SMILES string of the molecule is CC1(C)CC[C@H](O)[C@]23CO[C@@](O)([C@@H](O)C12)C12C4=NC(=O)N=C4[C@H](CCC13)[C@H]2O. The first kappa shape index (κ1) is 17.7. The predicted octanol–water partition coefficient (Wildman–Crippen LogP) is 0.266. The first-order chi connectivity index (χ1) is 13.1. The number of ether oxygens (including phenoxy) is 1. The molecule has 0 aromatic rings. The highest BCUT2D eigenvalue weighted by molar-refractivity contribution is 6.52. The minimum atomic E-state index is -2.07. The van der Waals surface area contributed by atoms with Crippen molar-refractivity contribution in [3.63, 3.8) is 0 Å². The molecule has 3 aliphatic heterocycles. The van der Waals surface area contributed by atoms with Gasteiger partial charge in [0.05, 0.1) is 30.2 Å². The lowest BCUT2D eigenvalue weighted by Crippen LogP contribution is -2.85. The molecule has 6 fully saturated rings. The normalized spacial score (nSPS) is 58.0. The van der Waals surface area contributed by atoms with Crippen LogP contribution in [0.1, 0.15) is 39.5 Å². The van der Waals surface area contributed by atoms with E-state index < -0.39 is 46.9 Å². The van der Waals surface area contributed by atoms with Gasteiger partial charge in [-0.25, -0.2) is 4.79 Å². The van der Waals surface area contributed by atoms with Crippen molar-refractivity contribution in [1.82, 2.24) is 0 Å². The van der Waals surface area contributed by atoms with Gasteiger partial charge < -0.3 is 25.2 Å². The molecule has 7 aliphatic rings. The molecule has 2 spiro atoms. The molecule has 0 radical (unpaired) electrons. The maximum absolute atomic E-state index is 12.0. The van der Waals surface area contributed by atoms with Gasteiger partial charge in [0.15, 0.2) is 0 Å². The first-order valence-electron chi connectivity index (χ1n) is 10.2. The molecule has 152 valence electrons. The highest BCUT2D eigenvalue weighted by atomic mass is 16.6. The van der Waals surface area contributed by atoms with Crippen LogP contribution in [0.5, 0.6) is 0 Å². The Morgan fingerprint density at radius 1 is 1.07 bits per heavy atom. The molecule has 2 saturated heterocycles. The van der Waals surface area contributed by atoms with Crippen LogP contribution in [0.25, 0.3) is 0 Å². The van der Waals surface area contributed by atoms with Gasteiger partial charge in [0.2, 0.25) is 5.79 Å². The number of hydrogen-bond donors (Lipinski definition) is 4. The first-order valence-corrected chi connectivity index (χ1v) is 10.2. The number of carbonyl (C=O) groups is 1. The molecular formula is C20H26N2O6. The van der Waals surface area contributed by atoms with Crippen molar-refractivity contribution in [3.8, 4) is 0 Å². The van der Waals surface area contributed by atoms with Crippen LogP contribution in [0.3, 0.4) is 0 Å². The Bertz CT molecular complexity index is 869. The minimum absolute atomic E-state index is 0.118. The predicted molar refractivity (Wildman–Crippen MR) is 96.8 cm³/mol. The van der Waals surface area contributed by atoms with Crippen molar-refractivity contribution in [2.45, 2.75) is 63.6 Å². The number of nitrogens with zero attached hydrogens (tertiary/aromatic N) is 2. The maximum Gasteiger partial charge on any atom is 0.367 e. The third-order valence-corrected chi connectivity index (χ3v) is 9.18. The van der Waals surface area contributed by atoms with E-state index >= 15 is 0 Å². The summed E-state index contributed by atoms with van der Waals surface area (Å²) in [4.78, 5) is 20.1. The van der Waals surface area contributed by atoms with Crippen LogP contribution in [0, 0.1) is 34.0 Å². The van der Waals surface area contributed by atoms with Crippen LogP contribution in [0.4, 0.5) is 4.79 Å². The molecular weight excluding hydrogens is 364 g/mol. The fourth-order valence-electron chi connectivity index (χ4n) is 8.30. The Kier molecular flexibility index (Phi) is 3.00. The van der Waals surface area contributed by atoms with Crippen molar-refractivity contribution < 1.29 is 30.0 Å². The quantitative estimate of drug-likeness (QED) is 0.469. The molecule has 4 bridgehead atoms. The molecule has 8 nitrogen and oxygen atoms in total. The van der Waals surface area contributed by atoms with E-state index in [9.17, 15) is 25.2 Å². The van der Waals surface area contributed by atoms with E-state index in [-0.39, 0.29) is 29.6 Å². The Labute approximate surface area is 162 Å². The molecule has 7 rings (SSSR count). The van der Waals surface area contributed by atoms with Crippen molar-refractivity contribution in [3.05, 3.63) is 0 Å². The number of carbonyl (C=O) groups excluding carboxylic acids is 1. The number of fused-ring (bicyclic) bond motifs is 4. The monoisotopic (exact) mass is 390 g/mol. The summed E-state index contributed by atoms with van der Waals surface area (Å²) in [6, 6.07) is -0.639. The van der Waals surface area contributed by atoms with Gasteiger partial charge in [-0.2, -0.15) is 9.98 Å². The lowest BCUT2D eigenvalue weighted by molar-refractivity contribution is -0.455. The van der Waals surface area contributed by atoms with Gasteiger partial charge in [0, 0.05) is 17.3 Å². The zero-order valence-electron chi connectivity index (χ0n) is 16.0. The standard InChI is InChI=1S/C20H26N2O6/c1-17(2)6-5-10(23)18-7-28-20(27,15(25)12(17)18)19-9(18)4-3-8(14(19)24)11-13(19)22-16(26)21-11/h8-10,12,14-15,23-25,27H,3-7H2,1-2H3/t8-,9?,10-,12?,14+,15-,18+,19?,20-/m0/s1. The smallest absolute Gasteiger partial charge is 0.367 e. The number of aliphatic hydroxyl groups is 4. The zero-order valence-corrected chi connectivity index (χ0v) is 16.0. The van der Waals surface area contributed by atoms with Crippen LogP contribution < -0.4 is 0 Å². The van der Waals surface area contributed by atoms with E-state index in [0.717, 1.165) is 6.42 Å². The lowest BCUT2D eigenvalue weighted by atomic mass is 9.35. The molecule has 4 N–H and O–H groups in total. The number of rotatable bonds is 0. The molecule has 0 aromatic carbocycles. The Morgan fingerprint density at radius 2 is 1.82 bits per heavy atom. The summed E-state index contributed by atoms with van der Waals surface area (Å²) in [5.41, 5.74) is -1.88. The Hall–Kier alpha value is -1.19. The van der Waals surface area contributed by atoms with Crippen LogP contribution in [0.2, 0.25) is 0 Å². The van der Waals surface area contributed by atoms with Gasteiger partial charge in [-0.05, 0) is 37.0 Å². The van der Waals surface area contributed by atoms with Gasteiger partial charge in [-0.3, -0.25) is 0 Å². The molecule has 0 aromatic heterocycles. The number of hydrogen-bond acceptors (Lipinski definition) is 6. The average Bonchev–Trinajstić information content (AvgIpc) is 3.05. The maximum atomic E-state index is 12.0. The highest BCUT2D eigenvalue weighted by Gasteiger charge is 2.86. The Morgan fingerprint density at radius 3 is 2.57 bits per heavy atom. The van der Waals surface area contributed by atoms with Crippen molar-refractivity contribution in [2.75, 3.05) is 6.61 Å². The van der Waals surface area contributed by atoms with E-state index in [1.165, 1.54) is 0 Å². The average molecular weight is 390 g/mol. The largest absolute Gasteiger partial charge is 0.392 e. The summed E-state index contributed by atoms with van der Waals surface area (Å²) >= 11 is 0. The van der Waals surface area contributed by atoms with Gasteiger partial charge >= 0.3 is 6.03 Å². The summed E-state index contributed by atoms with van der Waals surface area (Å²) in [7, 11) is 0. The van der Waals surface area contributed by atoms with Crippen molar-refractivity contribution >= 4 is 17.5 Å². The number of urea groups is 1. The molecule has 28 heavy (non-hydrogen) atoms. The summed E-state index contributed by atoms with van der Waals surface area (Å²) < 4.78 is 5.94. The molecule has 3 heterocycles. The molecule has 8 heteroatoms. The van der Waals surface area contributed by atoms with E-state index in [1.54, 1.807) is 0 Å². The van der Waals surface area contributed by atoms with E-state index in [0.29, 0.717) is 25.0 Å². The fourth-order valence-corrected chi connectivity index (χ4v) is 8.30. The summed E-state index contributed by atoms with van der Waals surface area (Å²) in [5.74, 6) is -3.23. The van der Waals surface area contributed by atoms with Crippen molar-refractivity contribution in [2.24, 2.45) is 44.0 Å². The van der Waals surface area contributed by atoms with Crippen LogP contribution in [-0.2, 0) is 4.74 Å². The Balaban J connectivity index is 1.67. The second-order valence-electron chi connectivity index (χ2n) is 10.4. The van der Waals surface area contributed by atoms with Gasteiger partial charge in [0.25, 0.3) is 0 Å². The third kappa shape index (κ3) is 1.47. The number of aliphatic hydroxyl groups excluding tert-OH is 3. The second-order valence-corrected chi connectivity index (χ2v) is 10.4. The van der Waals surface area contributed by atoms with Gasteiger partial charge in [-0.15, -0.1) is 0 Å². The van der Waals surface area contributed by atoms with Crippen LogP contribution in [0.15, 0.2) is 9.98 Å².